The lowest BCUT2D eigenvalue weighted by Crippen LogP contribution is -2.34. The molecule has 1 saturated heterocycles. The summed E-state index contributed by atoms with van der Waals surface area (Å²) in [4.78, 5) is 37.3. The first-order valence-corrected chi connectivity index (χ1v) is 6.18. The summed E-state index contributed by atoms with van der Waals surface area (Å²) in [5, 5.41) is 2.68. The second kappa shape index (κ2) is 5.60. The molecule has 3 N–H and O–H groups in total. The molecule has 0 bridgehead atoms. The highest BCUT2D eigenvalue weighted by Crippen LogP contribution is 2.12. The van der Waals surface area contributed by atoms with E-state index in [1.54, 1.807) is 31.3 Å². The number of nitrogen functional groups attached to an aromatic ring is 1. The molecule has 0 spiro atoms. The van der Waals surface area contributed by atoms with E-state index >= 15 is 0 Å². The number of nitrogens with one attached hydrogen (secondary N) is 1. The van der Waals surface area contributed by atoms with Gasteiger partial charge in [0.1, 0.15) is 6.54 Å². The SMILES string of the molecule is CN1CC(=O)N(CCC(=O)Nc2ccc(N)cc2)C1=O. The van der Waals surface area contributed by atoms with Crippen LogP contribution in [0.1, 0.15) is 6.42 Å². The fourth-order valence-electron chi connectivity index (χ4n) is 1.89. The first kappa shape index (κ1) is 13.9. The van der Waals surface area contributed by atoms with Crippen molar-refractivity contribution in [1.82, 2.24) is 9.80 Å². The minimum Gasteiger partial charge on any atom is -0.399 e. The number of carbonyl (C=O) groups is 3. The number of benzene rings is 1. The molecule has 0 unspecified atom stereocenters. The molecule has 0 aliphatic carbocycles. The van der Waals surface area contributed by atoms with Crippen molar-refractivity contribution in [2.45, 2.75) is 6.42 Å². The predicted molar refractivity (Wildman–Crippen MR) is 73.8 cm³/mol. The Labute approximate surface area is 116 Å². The third-order valence-electron chi connectivity index (χ3n) is 2.99. The molecule has 2 rings (SSSR count). The van der Waals surface area contributed by atoms with Crippen molar-refractivity contribution >= 4 is 29.2 Å². The molecule has 1 aromatic carbocycles. The minimum absolute atomic E-state index is 0.0652. The van der Waals surface area contributed by atoms with Crippen LogP contribution in [0.25, 0.3) is 0 Å². The predicted octanol–water partition coefficient (Wildman–Crippen LogP) is 0.491. The standard InChI is InChI=1S/C13H16N4O3/c1-16-8-12(19)17(13(16)20)7-6-11(18)15-10-4-2-9(14)3-5-10/h2-5H,6-8,14H2,1H3,(H,15,18). The van der Waals surface area contributed by atoms with E-state index < -0.39 is 0 Å². The summed E-state index contributed by atoms with van der Waals surface area (Å²) < 4.78 is 0. The molecule has 0 saturated carbocycles. The van der Waals surface area contributed by atoms with Gasteiger partial charge < -0.3 is 16.0 Å². The number of urea groups is 1. The van der Waals surface area contributed by atoms with Gasteiger partial charge in [0.15, 0.2) is 0 Å². The average molecular weight is 276 g/mol. The van der Waals surface area contributed by atoms with Gasteiger partial charge in [-0.2, -0.15) is 0 Å². The lowest BCUT2D eigenvalue weighted by atomic mass is 10.2. The molecule has 0 aromatic heterocycles. The van der Waals surface area contributed by atoms with Crippen LogP contribution in [0.15, 0.2) is 24.3 Å². The zero-order valence-electron chi connectivity index (χ0n) is 11.1. The number of hydrogen-bond acceptors (Lipinski definition) is 4. The highest BCUT2D eigenvalue weighted by Gasteiger charge is 2.33. The van der Waals surface area contributed by atoms with E-state index in [4.69, 9.17) is 5.73 Å². The summed E-state index contributed by atoms with van der Waals surface area (Å²) in [6.45, 7) is 0.154. The molecular formula is C13H16N4O3. The van der Waals surface area contributed by atoms with Crippen LogP contribution in [0, 0.1) is 0 Å². The Morgan fingerprint density at radius 1 is 1.30 bits per heavy atom. The number of rotatable bonds is 4. The number of carbonyl (C=O) groups excluding carboxylic acids is 3. The summed E-state index contributed by atoms with van der Waals surface area (Å²) in [6, 6.07) is 6.37. The first-order chi connectivity index (χ1) is 9.47. The molecule has 0 atom stereocenters. The Hall–Kier alpha value is -2.57. The van der Waals surface area contributed by atoms with E-state index in [1.807, 2.05) is 0 Å². The number of anilines is 2. The Kier molecular flexibility index (Phi) is 3.88. The van der Waals surface area contributed by atoms with E-state index in [-0.39, 0.29) is 37.4 Å². The summed E-state index contributed by atoms with van der Waals surface area (Å²) in [5.74, 6) is -0.539. The summed E-state index contributed by atoms with van der Waals surface area (Å²) >= 11 is 0. The minimum atomic E-state index is -0.365. The molecule has 0 radical (unpaired) electrons. The molecule has 1 aromatic rings. The lowest BCUT2D eigenvalue weighted by molar-refractivity contribution is -0.125. The smallest absolute Gasteiger partial charge is 0.326 e. The van der Waals surface area contributed by atoms with E-state index in [2.05, 4.69) is 5.32 Å². The first-order valence-electron chi connectivity index (χ1n) is 6.18. The molecule has 4 amide bonds. The van der Waals surface area contributed by atoms with Crippen LogP contribution in [-0.4, -0.2) is 47.8 Å². The van der Waals surface area contributed by atoms with Crippen molar-refractivity contribution in [1.29, 1.82) is 0 Å². The number of amides is 4. The van der Waals surface area contributed by atoms with Crippen LogP contribution >= 0.6 is 0 Å². The van der Waals surface area contributed by atoms with Gasteiger partial charge in [0, 0.05) is 31.4 Å². The Morgan fingerprint density at radius 3 is 2.50 bits per heavy atom. The van der Waals surface area contributed by atoms with Crippen LogP contribution in [0.3, 0.4) is 0 Å². The zero-order valence-corrected chi connectivity index (χ0v) is 11.1. The monoisotopic (exact) mass is 276 g/mol. The normalized spacial score (nSPS) is 14.8. The van der Waals surface area contributed by atoms with E-state index in [0.717, 1.165) is 4.90 Å². The highest BCUT2D eigenvalue weighted by atomic mass is 16.2. The maximum atomic E-state index is 11.7. The fourth-order valence-corrected chi connectivity index (χ4v) is 1.89. The zero-order chi connectivity index (χ0) is 14.7. The molecule has 20 heavy (non-hydrogen) atoms. The van der Waals surface area contributed by atoms with Crippen LogP contribution < -0.4 is 11.1 Å². The molecule has 1 aliphatic rings. The fraction of sp³-hybridized carbons (Fsp3) is 0.308. The van der Waals surface area contributed by atoms with Gasteiger partial charge in [-0.05, 0) is 24.3 Å². The Morgan fingerprint density at radius 2 is 1.95 bits per heavy atom. The third kappa shape index (κ3) is 3.05. The van der Waals surface area contributed by atoms with Gasteiger partial charge in [0.25, 0.3) is 0 Å². The van der Waals surface area contributed by atoms with E-state index in [9.17, 15) is 14.4 Å². The van der Waals surface area contributed by atoms with Gasteiger partial charge in [0.05, 0.1) is 0 Å². The van der Waals surface area contributed by atoms with Crippen LogP contribution in [0.4, 0.5) is 16.2 Å². The van der Waals surface area contributed by atoms with Crippen LogP contribution in [0.2, 0.25) is 0 Å². The number of likely N-dealkylation sites (N-methyl/N-ethyl adjacent to an activating group) is 1. The van der Waals surface area contributed by atoms with Crippen molar-refractivity contribution in [3.63, 3.8) is 0 Å². The van der Waals surface area contributed by atoms with E-state index in [0.29, 0.717) is 11.4 Å². The van der Waals surface area contributed by atoms with Gasteiger partial charge in [-0.3, -0.25) is 14.5 Å². The second-order valence-corrected chi connectivity index (χ2v) is 4.60. The Bertz CT molecular complexity index is 541. The summed E-state index contributed by atoms with van der Waals surface area (Å²) in [6.07, 6.45) is 0.0652. The molecule has 7 nitrogen and oxygen atoms in total. The molecule has 1 aliphatic heterocycles. The molecule has 7 heteroatoms. The van der Waals surface area contributed by atoms with Crippen molar-refractivity contribution < 1.29 is 14.4 Å². The number of imide groups is 1. The Balaban J connectivity index is 1.85. The van der Waals surface area contributed by atoms with Crippen molar-refractivity contribution in [3.05, 3.63) is 24.3 Å². The lowest BCUT2D eigenvalue weighted by Gasteiger charge is -2.13. The summed E-state index contributed by atoms with van der Waals surface area (Å²) in [5.41, 5.74) is 6.78. The number of nitrogens with zero attached hydrogens (tertiary/aromatic N) is 2. The highest BCUT2D eigenvalue weighted by molar-refractivity contribution is 6.02. The maximum absolute atomic E-state index is 11.7. The topological polar surface area (TPSA) is 95.7 Å². The van der Waals surface area contributed by atoms with Gasteiger partial charge in [-0.15, -0.1) is 0 Å². The molecular weight excluding hydrogens is 260 g/mol. The quantitative estimate of drug-likeness (QED) is 0.618. The molecule has 106 valence electrons. The molecule has 1 fully saturated rings. The van der Waals surface area contributed by atoms with Crippen molar-refractivity contribution in [2.24, 2.45) is 0 Å². The van der Waals surface area contributed by atoms with E-state index in [1.165, 1.54) is 4.90 Å². The van der Waals surface area contributed by atoms with Crippen LogP contribution in [0.5, 0.6) is 0 Å². The van der Waals surface area contributed by atoms with Gasteiger partial charge in [-0.25, -0.2) is 4.79 Å². The van der Waals surface area contributed by atoms with Gasteiger partial charge in [0.2, 0.25) is 11.8 Å². The average Bonchev–Trinajstić information content (AvgIpc) is 2.64. The molecule has 1 heterocycles. The van der Waals surface area contributed by atoms with Crippen molar-refractivity contribution in [2.75, 3.05) is 31.2 Å². The number of nitrogens with two attached hydrogens (primary N) is 1. The summed E-state index contributed by atoms with van der Waals surface area (Å²) in [7, 11) is 1.55. The third-order valence-corrected chi connectivity index (χ3v) is 2.99. The maximum Gasteiger partial charge on any atom is 0.326 e. The number of hydrogen-bond donors (Lipinski definition) is 2. The van der Waals surface area contributed by atoms with Gasteiger partial charge in [-0.1, -0.05) is 0 Å². The van der Waals surface area contributed by atoms with Crippen LogP contribution in [-0.2, 0) is 9.59 Å². The van der Waals surface area contributed by atoms with Crippen molar-refractivity contribution in [3.8, 4) is 0 Å². The second-order valence-electron chi connectivity index (χ2n) is 4.60. The van der Waals surface area contributed by atoms with Gasteiger partial charge >= 0.3 is 6.03 Å². The largest absolute Gasteiger partial charge is 0.399 e.